The highest BCUT2D eigenvalue weighted by Crippen LogP contribution is 2.22. The molecule has 0 aromatic rings. The Bertz CT molecular complexity index is 292. The average molecular weight is 257 g/mol. The summed E-state index contributed by atoms with van der Waals surface area (Å²) >= 11 is 0. The predicted molar refractivity (Wildman–Crippen MR) is 72.8 cm³/mol. The molecule has 5 heteroatoms. The molecular weight excluding hydrogens is 230 g/mol. The Hall–Kier alpha value is -0.650. The zero-order chi connectivity index (χ0) is 13.9. The first kappa shape index (κ1) is 15.4. The van der Waals surface area contributed by atoms with Gasteiger partial charge >= 0.3 is 5.97 Å². The molecule has 1 saturated heterocycles. The van der Waals surface area contributed by atoms with Crippen LogP contribution in [0.1, 0.15) is 13.8 Å². The Balaban J connectivity index is 2.78. The quantitative estimate of drug-likeness (QED) is 0.783. The Labute approximate surface area is 110 Å². The van der Waals surface area contributed by atoms with Crippen molar-refractivity contribution in [3.8, 4) is 0 Å². The van der Waals surface area contributed by atoms with Crippen molar-refractivity contribution in [3.63, 3.8) is 0 Å². The molecule has 106 valence electrons. The molecule has 0 radical (unpaired) electrons. The van der Waals surface area contributed by atoms with Gasteiger partial charge in [0.05, 0.1) is 5.92 Å². The van der Waals surface area contributed by atoms with Crippen molar-refractivity contribution in [2.75, 3.05) is 53.9 Å². The van der Waals surface area contributed by atoms with Gasteiger partial charge in [0.25, 0.3) is 0 Å². The number of likely N-dealkylation sites (N-methyl/N-ethyl adjacent to an activating group) is 2. The van der Waals surface area contributed by atoms with Crippen LogP contribution in [0.15, 0.2) is 0 Å². The van der Waals surface area contributed by atoms with Crippen molar-refractivity contribution in [3.05, 3.63) is 0 Å². The van der Waals surface area contributed by atoms with Gasteiger partial charge in [0.15, 0.2) is 0 Å². The highest BCUT2D eigenvalue weighted by atomic mass is 16.4. The van der Waals surface area contributed by atoms with E-state index in [0.717, 1.165) is 19.6 Å². The van der Waals surface area contributed by atoms with Crippen LogP contribution in [0, 0.1) is 5.92 Å². The first-order valence-corrected chi connectivity index (χ1v) is 6.53. The minimum atomic E-state index is -0.686. The van der Waals surface area contributed by atoms with Crippen LogP contribution in [-0.2, 0) is 4.79 Å². The Kier molecular flexibility index (Phi) is 5.13. The number of aliphatic carboxylic acids is 1. The third-order valence-corrected chi connectivity index (χ3v) is 3.65. The summed E-state index contributed by atoms with van der Waals surface area (Å²) in [5.74, 6) is -0.978. The fourth-order valence-corrected chi connectivity index (χ4v) is 2.64. The van der Waals surface area contributed by atoms with Gasteiger partial charge in [-0.2, -0.15) is 0 Å². The summed E-state index contributed by atoms with van der Waals surface area (Å²) in [5, 5.41) is 9.28. The molecule has 0 saturated carbocycles. The summed E-state index contributed by atoms with van der Waals surface area (Å²) in [5.41, 5.74) is 0.0228. The van der Waals surface area contributed by atoms with E-state index in [2.05, 4.69) is 28.5 Å². The molecule has 0 aromatic carbocycles. The van der Waals surface area contributed by atoms with Crippen molar-refractivity contribution < 1.29 is 9.90 Å². The van der Waals surface area contributed by atoms with E-state index in [0.29, 0.717) is 13.1 Å². The summed E-state index contributed by atoms with van der Waals surface area (Å²) < 4.78 is 0. The highest BCUT2D eigenvalue weighted by molar-refractivity contribution is 5.70. The highest BCUT2D eigenvalue weighted by Gasteiger charge is 2.36. The standard InChI is InChI=1S/C13H27N3O2/c1-13(2)10-15(5)8-11(12(17)18)9-16(13)7-6-14(3)4/h11H,6-10H2,1-5H3,(H,17,18). The van der Waals surface area contributed by atoms with Crippen molar-refractivity contribution in [1.29, 1.82) is 0 Å². The smallest absolute Gasteiger partial charge is 0.309 e. The summed E-state index contributed by atoms with van der Waals surface area (Å²) in [6, 6.07) is 0. The van der Waals surface area contributed by atoms with Crippen LogP contribution in [0.4, 0.5) is 0 Å². The molecular formula is C13H27N3O2. The number of hydrogen-bond donors (Lipinski definition) is 1. The second-order valence-corrected chi connectivity index (χ2v) is 6.29. The topological polar surface area (TPSA) is 47.0 Å². The molecule has 1 unspecified atom stereocenters. The number of rotatable bonds is 4. The minimum Gasteiger partial charge on any atom is -0.481 e. The third-order valence-electron chi connectivity index (χ3n) is 3.65. The molecule has 0 bridgehead atoms. The van der Waals surface area contributed by atoms with Crippen LogP contribution < -0.4 is 0 Å². The van der Waals surface area contributed by atoms with Gasteiger partial charge in [-0.25, -0.2) is 0 Å². The Morgan fingerprint density at radius 1 is 1.39 bits per heavy atom. The zero-order valence-corrected chi connectivity index (χ0v) is 12.3. The second-order valence-electron chi connectivity index (χ2n) is 6.29. The van der Waals surface area contributed by atoms with Crippen molar-refractivity contribution >= 4 is 5.97 Å². The van der Waals surface area contributed by atoms with E-state index in [1.165, 1.54) is 0 Å². The fraction of sp³-hybridized carbons (Fsp3) is 0.923. The SMILES string of the molecule is CN(C)CCN1CC(C(=O)O)CN(C)CC1(C)C. The van der Waals surface area contributed by atoms with Gasteiger partial charge in [0.1, 0.15) is 0 Å². The summed E-state index contributed by atoms with van der Waals surface area (Å²) in [4.78, 5) is 17.9. The second kappa shape index (κ2) is 5.99. The third kappa shape index (κ3) is 4.23. The van der Waals surface area contributed by atoms with E-state index < -0.39 is 5.97 Å². The molecule has 1 fully saturated rings. The molecule has 1 aliphatic rings. The molecule has 1 rings (SSSR count). The number of carboxylic acid groups (broad SMARTS) is 1. The van der Waals surface area contributed by atoms with Gasteiger partial charge in [0, 0.05) is 38.3 Å². The van der Waals surface area contributed by atoms with Gasteiger partial charge in [-0.15, -0.1) is 0 Å². The fourth-order valence-electron chi connectivity index (χ4n) is 2.64. The lowest BCUT2D eigenvalue weighted by molar-refractivity contribution is -0.142. The maximum atomic E-state index is 11.3. The van der Waals surface area contributed by atoms with E-state index in [9.17, 15) is 9.90 Å². The first-order chi connectivity index (χ1) is 8.22. The van der Waals surface area contributed by atoms with E-state index in [1.807, 2.05) is 21.1 Å². The molecule has 0 aliphatic carbocycles. The minimum absolute atomic E-state index is 0.0228. The Morgan fingerprint density at radius 3 is 2.50 bits per heavy atom. The lowest BCUT2D eigenvalue weighted by atomic mass is 10.0. The van der Waals surface area contributed by atoms with Crippen LogP contribution in [-0.4, -0.2) is 85.2 Å². The molecule has 1 atom stereocenters. The Morgan fingerprint density at radius 2 is 2.00 bits per heavy atom. The number of nitrogens with zero attached hydrogens (tertiary/aromatic N) is 3. The lowest BCUT2D eigenvalue weighted by Crippen LogP contribution is -2.51. The van der Waals surface area contributed by atoms with Gasteiger partial charge in [-0.1, -0.05) is 0 Å². The number of carbonyl (C=O) groups is 1. The average Bonchev–Trinajstić information content (AvgIpc) is 2.30. The van der Waals surface area contributed by atoms with E-state index in [1.54, 1.807) is 0 Å². The maximum Gasteiger partial charge on any atom is 0.309 e. The van der Waals surface area contributed by atoms with Crippen molar-refractivity contribution in [2.45, 2.75) is 19.4 Å². The van der Waals surface area contributed by atoms with E-state index >= 15 is 0 Å². The van der Waals surface area contributed by atoms with Gasteiger partial charge in [-0.05, 0) is 35.0 Å². The van der Waals surface area contributed by atoms with Gasteiger partial charge in [-0.3, -0.25) is 9.69 Å². The number of hydrogen-bond acceptors (Lipinski definition) is 4. The summed E-state index contributed by atoms with van der Waals surface area (Å²) in [6.45, 7) is 8.45. The normalized spacial score (nSPS) is 26.2. The predicted octanol–water partition coefficient (Wildman–Crippen LogP) is 0.275. The molecule has 0 amide bonds. The van der Waals surface area contributed by atoms with Crippen LogP contribution >= 0.6 is 0 Å². The maximum absolute atomic E-state index is 11.3. The molecule has 1 heterocycles. The summed E-state index contributed by atoms with van der Waals surface area (Å²) in [6.07, 6.45) is 0. The molecule has 0 aromatic heterocycles. The van der Waals surface area contributed by atoms with Crippen LogP contribution in [0.5, 0.6) is 0 Å². The molecule has 1 aliphatic heterocycles. The van der Waals surface area contributed by atoms with Gasteiger partial charge in [0.2, 0.25) is 0 Å². The van der Waals surface area contributed by atoms with Gasteiger partial charge < -0.3 is 14.9 Å². The van der Waals surface area contributed by atoms with Crippen LogP contribution in [0.3, 0.4) is 0 Å². The largest absolute Gasteiger partial charge is 0.481 e. The van der Waals surface area contributed by atoms with Crippen LogP contribution in [0.2, 0.25) is 0 Å². The summed E-state index contributed by atoms with van der Waals surface area (Å²) in [7, 11) is 6.10. The lowest BCUT2D eigenvalue weighted by Gasteiger charge is -2.39. The van der Waals surface area contributed by atoms with Crippen molar-refractivity contribution in [2.24, 2.45) is 5.92 Å². The van der Waals surface area contributed by atoms with E-state index in [-0.39, 0.29) is 11.5 Å². The zero-order valence-electron chi connectivity index (χ0n) is 12.3. The van der Waals surface area contributed by atoms with Crippen molar-refractivity contribution in [1.82, 2.24) is 14.7 Å². The van der Waals surface area contributed by atoms with E-state index in [4.69, 9.17) is 0 Å². The molecule has 5 nitrogen and oxygen atoms in total. The first-order valence-electron chi connectivity index (χ1n) is 6.53. The molecule has 0 spiro atoms. The van der Waals surface area contributed by atoms with Crippen LogP contribution in [0.25, 0.3) is 0 Å². The number of carboxylic acids is 1. The molecule has 1 N–H and O–H groups in total. The monoisotopic (exact) mass is 257 g/mol. The molecule has 18 heavy (non-hydrogen) atoms.